The van der Waals surface area contributed by atoms with Gasteiger partial charge >= 0.3 is 5.97 Å². The van der Waals surface area contributed by atoms with E-state index in [4.69, 9.17) is 9.84 Å². The van der Waals surface area contributed by atoms with Crippen LogP contribution in [0.3, 0.4) is 0 Å². The van der Waals surface area contributed by atoms with Gasteiger partial charge < -0.3 is 20.1 Å². The van der Waals surface area contributed by atoms with E-state index in [9.17, 15) is 15.0 Å². The minimum atomic E-state index is -0.735. The lowest BCUT2D eigenvalue weighted by atomic mass is 9.86. The molecule has 5 nitrogen and oxygen atoms in total. The number of fused-ring (bicyclic) bond motifs is 1. The summed E-state index contributed by atoms with van der Waals surface area (Å²) in [4.78, 5) is 10.7. The number of carboxylic acid groups (broad SMARTS) is 1. The minimum absolute atomic E-state index is 0.0779. The minimum Gasteiger partial charge on any atom is -0.481 e. The number of carboxylic acids is 1. The van der Waals surface area contributed by atoms with Gasteiger partial charge in [-0.1, -0.05) is 42.5 Å². The molecule has 166 valence electrons. The zero-order chi connectivity index (χ0) is 21.3. The number of aliphatic carboxylic acids is 1. The Bertz CT molecular complexity index is 673. The summed E-state index contributed by atoms with van der Waals surface area (Å²) < 4.78 is 6.12. The largest absolute Gasteiger partial charge is 0.481 e. The van der Waals surface area contributed by atoms with Gasteiger partial charge in [0, 0.05) is 25.4 Å². The molecule has 2 fully saturated rings. The first kappa shape index (κ1) is 23.0. The van der Waals surface area contributed by atoms with E-state index in [1.807, 2.05) is 24.3 Å². The molecule has 3 N–H and O–H groups in total. The number of aliphatic hydroxyl groups is 2. The van der Waals surface area contributed by atoms with Crippen molar-refractivity contribution in [2.75, 3.05) is 6.61 Å². The lowest BCUT2D eigenvalue weighted by Crippen LogP contribution is -2.21. The molecule has 1 saturated heterocycles. The summed E-state index contributed by atoms with van der Waals surface area (Å²) in [6.45, 7) is 0.669. The van der Waals surface area contributed by atoms with E-state index in [1.54, 1.807) is 0 Å². The standard InChI is InChI=1S/C25H36O5/c26-20(14-12-18-6-2-1-3-7-18)9-5-10-21-22-15-13-19(8-4-11-25(28)29)17-30-24(22)16-23(21)27/h1-3,5-7,10,19-24,26-27H,4,8-9,11-17H2,(H,28,29)/b10-5+/t19-,20?,21+,22+,23+,24-/m0/s1. The number of benzene rings is 1. The highest BCUT2D eigenvalue weighted by atomic mass is 16.5. The summed E-state index contributed by atoms with van der Waals surface area (Å²) >= 11 is 0. The summed E-state index contributed by atoms with van der Waals surface area (Å²) in [7, 11) is 0. The van der Waals surface area contributed by atoms with E-state index in [0.29, 0.717) is 37.7 Å². The highest BCUT2D eigenvalue weighted by Crippen LogP contribution is 2.42. The summed E-state index contributed by atoms with van der Waals surface area (Å²) in [6, 6.07) is 10.2. The highest BCUT2D eigenvalue weighted by molar-refractivity contribution is 5.66. The van der Waals surface area contributed by atoms with Crippen LogP contribution in [0, 0.1) is 17.8 Å². The molecule has 3 rings (SSSR count). The highest BCUT2D eigenvalue weighted by Gasteiger charge is 2.43. The molecule has 0 spiro atoms. The van der Waals surface area contributed by atoms with Gasteiger partial charge in [-0.2, -0.15) is 0 Å². The third kappa shape index (κ3) is 6.93. The van der Waals surface area contributed by atoms with Gasteiger partial charge in [0.05, 0.1) is 18.3 Å². The molecule has 0 aromatic heterocycles. The third-order valence-corrected chi connectivity index (χ3v) is 6.72. The Kier molecular flexibility index (Phi) is 8.91. The average molecular weight is 417 g/mol. The SMILES string of the molecule is O=C(O)CCC[C@H]1CC[C@@H]2[C@@H](/C=C/CC(O)CCc3ccccc3)[C@H](O)C[C@@H]2OC1. The van der Waals surface area contributed by atoms with Gasteiger partial charge in [-0.3, -0.25) is 4.79 Å². The number of aliphatic hydroxyl groups excluding tert-OH is 2. The van der Waals surface area contributed by atoms with Gasteiger partial charge in [0.15, 0.2) is 0 Å². The monoisotopic (exact) mass is 416 g/mol. The fourth-order valence-electron chi connectivity index (χ4n) is 4.97. The van der Waals surface area contributed by atoms with Crippen molar-refractivity contribution < 1.29 is 24.9 Å². The van der Waals surface area contributed by atoms with Gasteiger partial charge in [0.1, 0.15) is 0 Å². The van der Waals surface area contributed by atoms with E-state index in [-0.39, 0.29) is 30.7 Å². The molecule has 1 aliphatic heterocycles. The molecule has 0 radical (unpaired) electrons. The molecule has 1 unspecified atom stereocenters. The van der Waals surface area contributed by atoms with Crippen molar-refractivity contribution in [2.45, 2.75) is 76.1 Å². The summed E-state index contributed by atoms with van der Waals surface area (Å²) in [5.41, 5.74) is 1.24. The molecular formula is C25H36O5. The number of ether oxygens (including phenoxy) is 1. The van der Waals surface area contributed by atoms with Crippen molar-refractivity contribution in [2.24, 2.45) is 17.8 Å². The Hall–Kier alpha value is -1.69. The Balaban J connectivity index is 1.44. The summed E-state index contributed by atoms with van der Waals surface area (Å²) in [6.07, 6.45) is 10.2. The topological polar surface area (TPSA) is 87.0 Å². The zero-order valence-corrected chi connectivity index (χ0v) is 17.7. The molecule has 0 bridgehead atoms. The van der Waals surface area contributed by atoms with E-state index in [1.165, 1.54) is 5.56 Å². The molecule has 1 saturated carbocycles. The second kappa shape index (κ2) is 11.6. The molecule has 1 aromatic carbocycles. The maximum atomic E-state index is 10.7. The number of rotatable bonds is 10. The van der Waals surface area contributed by atoms with Crippen LogP contribution >= 0.6 is 0 Å². The van der Waals surface area contributed by atoms with Crippen LogP contribution in [0.25, 0.3) is 0 Å². The van der Waals surface area contributed by atoms with Gasteiger partial charge in [-0.05, 0) is 62.3 Å². The van der Waals surface area contributed by atoms with Gasteiger partial charge in [-0.25, -0.2) is 0 Å². The molecule has 5 heteroatoms. The second-order valence-corrected chi connectivity index (χ2v) is 8.99. The lowest BCUT2D eigenvalue weighted by Gasteiger charge is -2.21. The van der Waals surface area contributed by atoms with Gasteiger partial charge in [0.25, 0.3) is 0 Å². The van der Waals surface area contributed by atoms with E-state index in [0.717, 1.165) is 32.1 Å². The van der Waals surface area contributed by atoms with E-state index in [2.05, 4.69) is 18.2 Å². The molecule has 1 heterocycles. The predicted molar refractivity (Wildman–Crippen MR) is 116 cm³/mol. The molecule has 6 atom stereocenters. The smallest absolute Gasteiger partial charge is 0.303 e. The van der Waals surface area contributed by atoms with Crippen molar-refractivity contribution in [1.82, 2.24) is 0 Å². The quantitative estimate of drug-likeness (QED) is 0.502. The van der Waals surface area contributed by atoms with Crippen molar-refractivity contribution in [3.63, 3.8) is 0 Å². The third-order valence-electron chi connectivity index (χ3n) is 6.72. The maximum absolute atomic E-state index is 10.7. The van der Waals surface area contributed by atoms with E-state index >= 15 is 0 Å². The number of aryl methyl sites for hydroxylation is 1. The fourth-order valence-corrected chi connectivity index (χ4v) is 4.97. The molecular weight excluding hydrogens is 380 g/mol. The van der Waals surface area contributed by atoms with Crippen LogP contribution in [0.15, 0.2) is 42.5 Å². The van der Waals surface area contributed by atoms with Crippen LogP contribution in [0.2, 0.25) is 0 Å². The summed E-state index contributed by atoms with van der Waals surface area (Å²) in [5.74, 6) is 0.0634. The Morgan fingerprint density at radius 2 is 2.03 bits per heavy atom. The Labute approximate surface area is 179 Å². The fraction of sp³-hybridized carbons (Fsp3) is 0.640. The maximum Gasteiger partial charge on any atom is 0.303 e. The van der Waals surface area contributed by atoms with Crippen LogP contribution in [0.1, 0.15) is 56.9 Å². The Morgan fingerprint density at radius 1 is 1.23 bits per heavy atom. The van der Waals surface area contributed by atoms with Crippen molar-refractivity contribution in [3.05, 3.63) is 48.0 Å². The molecule has 1 aliphatic carbocycles. The molecule has 2 aliphatic rings. The van der Waals surface area contributed by atoms with Crippen LogP contribution in [-0.2, 0) is 16.0 Å². The van der Waals surface area contributed by atoms with Crippen molar-refractivity contribution in [3.8, 4) is 0 Å². The normalized spacial score (nSPS) is 30.1. The Morgan fingerprint density at radius 3 is 2.80 bits per heavy atom. The van der Waals surface area contributed by atoms with Gasteiger partial charge in [0.2, 0.25) is 0 Å². The van der Waals surface area contributed by atoms with Crippen LogP contribution in [-0.4, -0.2) is 46.2 Å². The molecule has 30 heavy (non-hydrogen) atoms. The number of carbonyl (C=O) groups is 1. The van der Waals surface area contributed by atoms with Crippen molar-refractivity contribution >= 4 is 5.97 Å². The number of hydrogen-bond donors (Lipinski definition) is 3. The first-order valence-electron chi connectivity index (χ1n) is 11.4. The van der Waals surface area contributed by atoms with E-state index < -0.39 is 5.97 Å². The second-order valence-electron chi connectivity index (χ2n) is 8.99. The predicted octanol–water partition coefficient (Wildman–Crippen LogP) is 3.97. The van der Waals surface area contributed by atoms with Crippen LogP contribution in [0.5, 0.6) is 0 Å². The zero-order valence-electron chi connectivity index (χ0n) is 17.7. The first-order chi connectivity index (χ1) is 14.5. The first-order valence-corrected chi connectivity index (χ1v) is 11.4. The molecule has 1 aromatic rings. The lowest BCUT2D eigenvalue weighted by molar-refractivity contribution is -0.137. The van der Waals surface area contributed by atoms with Crippen molar-refractivity contribution in [1.29, 1.82) is 0 Å². The van der Waals surface area contributed by atoms with Crippen LogP contribution < -0.4 is 0 Å². The van der Waals surface area contributed by atoms with Crippen LogP contribution in [0.4, 0.5) is 0 Å². The summed E-state index contributed by atoms with van der Waals surface area (Å²) in [5, 5.41) is 29.7. The number of hydrogen-bond acceptors (Lipinski definition) is 4. The molecule has 0 amide bonds. The van der Waals surface area contributed by atoms with Gasteiger partial charge in [-0.15, -0.1) is 0 Å². The average Bonchev–Trinajstić information content (AvgIpc) is 2.89.